The first-order valence-corrected chi connectivity index (χ1v) is 6.13. The Hall–Kier alpha value is -1.49. The standard InChI is InChI=1S/C14H19N3O/c1-10(2)18-9-14(17-15)12-7-11-5-3-4-6-13(11)16-8-12/h3-8,10,14,17H,9,15H2,1-2H3. The molecule has 96 valence electrons. The maximum absolute atomic E-state index is 5.59. The Morgan fingerprint density at radius 3 is 2.83 bits per heavy atom. The third kappa shape index (κ3) is 3.04. The molecule has 1 atom stereocenters. The Bertz CT molecular complexity index is 513. The number of hydrazine groups is 1. The molecule has 0 amide bonds. The molecule has 1 unspecified atom stereocenters. The highest BCUT2D eigenvalue weighted by atomic mass is 16.5. The zero-order chi connectivity index (χ0) is 13.0. The Labute approximate surface area is 107 Å². The summed E-state index contributed by atoms with van der Waals surface area (Å²) in [4.78, 5) is 4.43. The lowest BCUT2D eigenvalue weighted by atomic mass is 10.1. The van der Waals surface area contributed by atoms with Crippen LogP contribution in [0.4, 0.5) is 0 Å². The molecule has 0 fully saturated rings. The number of para-hydroxylation sites is 1. The number of benzene rings is 1. The second-order valence-corrected chi connectivity index (χ2v) is 4.56. The molecule has 1 aromatic heterocycles. The van der Waals surface area contributed by atoms with Crippen molar-refractivity contribution in [3.05, 3.63) is 42.1 Å². The van der Waals surface area contributed by atoms with E-state index in [2.05, 4.69) is 16.5 Å². The molecule has 0 aliphatic carbocycles. The van der Waals surface area contributed by atoms with Gasteiger partial charge in [0.25, 0.3) is 0 Å². The van der Waals surface area contributed by atoms with Gasteiger partial charge in [-0.3, -0.25) is 16.3 Å². The predicted molar refractivity (Wildman–Crippen MR) is 72.9 cm³/mol. The van der Waals surface area contributed by atoms with Gasteiger partial charge >= 0.3 is 0 Å². The first kappa shape index (κ1) is 13.0. The number of nitrogens with one attached hydrogen (secondary N) is 1. The second-order valence-electron chi connectivity index (χ2n) is 4.56. The number of rotatable bonds is 5. The molecule has 4 nitrogen and oxygen atoms in total. The molecular formula is C14H19N3O. The average molecular weight is 245 g/mol. The molecule has 0 aliphatic heterocycles. The Morgan fingerprint density at radius 2 is 2.11 bits per heavy atom. The molecule has 4 heteroatoms. The minimum atomic E-state index is -0.0375. The summed E-state index contributed by atoms with van der Waals surface area (Å²) in [6.45, 7) is 4.55. The topological polar surface area (TPSA) is 60.2 Å². The van der Waals surface area contributed by atoms with Crippen LogP contribution in [-0.4, -0.2) is 17.7 Å². The molecule has 0 radical (unpaired) electrons. The van der Waals surface area contributed by atoms with Crippen molar-refractivity contribution in [1.82, 2.24) is 10.4 Å². The fourth-order valence-electron chi connectivity index (χ4n) is 1.81. The van der Waals surface area contributed by atoms with Crippen LogP contribution in [-0.2, 0) is 4.74 Å². The number of nitrogens with zero attached hydrogens (tertiary/aromatic N) is 1. The largest absolute Gasteiger partial charge is 0.377 e. The van der Waals surface area contributed by atoms with E-state index in [4.69, 9.17) is 10.6 Å². The molecule has 0 aliphatic rings. The quantitative estimate of drug-likeness (QED) is 0.626. The van der Waals surface area contributed by atoms with Crippen LogP contribution in [0.2, 0.25) is 0 Å². The van der Waals surface area contributed by atoms with Crippen LogP contribution >= 0.6 is 0 Å². The zero-order valence-electron chi connectivity index (χ0n) is 10.8. The second kappa shape index (κ2) is 5.91. The van der Waals surface area contributed by atoms with Crippen molar-refractivity contribution < 1.29 is 4.74 Å². The van der Waals surface area contributed by atoms with Crippen LogP contribution < -0.4 is 11.3 Å². The minimum Gasteiger partial charge on any atom is -0.377 e. The molecule has 2 aromatic rings. The molecule has 18 heavy (non-hydrogen) atoms. The molecule has 0 saturated carbocycles. The van der Waals surface area contributed by atoms with E-state index in [1.807, 2.05) is 44.3 Å². The third-order valence-corrected chi connectivity index (χ3v) is 2.81. The highest BCUT2D eigenvalue weighted by Gasteiger charge is 2.11. The zero-order valence-corrected chi connectivity index (χ0v) is 10.8. The molecule has 1 heterocycles. The highest BCUT2D eigenvalue weighted by molar-refractivity contribution is 5.78. The highest BCUT2D eigenvalue weighted by Crippen LogP contribution is 2.18. The molecule has 1 aromatic carbocycles. The van der Waals surface area contributed by atoms with Gasteiger partial charge in [0.15, 0.2) is 0 Å². The van der Waals surface area contributed by atoms with Gasteiger partial charge in [0.2, 0.25) is 0 Å². The Kier molecular flexibility index (Phi) is 4.25. The van der Waals surface area contributed by atoms with E-state index in [1.165, 1.54) is 0 Å². The van der Waals surface area contributed by atoms with Crippen LogP contribution in [0, 0.1) is 0 Å². The molecule has 0 saturated heterocycles. The van der Waals surface area contributed by atoms with Crippen molar-refractivity contribution >= 4 is 10.9 Å². The summed E-state index contributed by atoms with van der Waals surface area (Å²) < 4.78 is 5.59. The summed E-state index contributed by atoms with van der Waals surface area (Å²) in [5.41, 5.74) is 4.80. The van der Waals surface area contributed by atoms with Gasteiger partial charge in [-0.2, -0.15) is 0 Å². The number of ether oxygens (including phenoxy) is 1. The summed E-state index contributed by atoms with van der Waals surface area (Å²) in [5, 5.41) is 1.11. The Balaban J connectivity index is 2.22. The van der Waals surface area contributed by atoms with Crippen LogP contribution in [0.3, 0.4) is 0 Å². The third-order valence-electron chi connectivity index (χ3n) is 2.81. The van der Waals surface area contributed by atoms with Gasteiger partial charge in [0.1, 0.15) is 0 Å². The summed E-state index contributed by atoms with van der Waals surface area (Å²) in [7, 11) is 0. The van der Waals surface area contributed by atoms with Gasteiger partial charge in [0, 0.05) is 11.6 Å². The van der Waals surface area contributed by atoms with Crippen molar-refractivity contribution in [2.45, 2.75) is 26.0 Å². The van der Waals surface area contributed by atoms with Crippen molar-refractivity contribution in [1.29, 1.82) is 0 Å². The van der Waals surface area contributed by atoms with E-state index in [1.54, 1.807) is 0 Å². The smallest absolute Gasteiger partial charge is 0.0709 e. The number of nitrogens with two attached hydrogens (primary N) is 1. The van der Waals surface area contributed by atoms with E-state index in [-0.39, 0.29) is 12.1 Å². The number of fused-ring (bicyclic) bond motifs is 1. The van der Waals surface area contributed by atoms with Gasteiger partial charge < -0.3 is 4.74 Å². The van der Waals surface area contributed by atoms with Crippen molar-refractivity contribution in [3.8, 4) is 0 Å². The normalized spacial score (nSPS) is 13.1. The first-order chi connectivity index (χ1) is 8.70. The minimum absolute atomic E-state index is 0.0375. The lowest BCUT2D eigenvalue weighted by Crippen LogP contribution is -2.32. The fraction of sp³-hybridized carbons (Fsp3) is 0.357. The fourth-order valence-corrected chi connectivity index (χ4v) is 1.81. The van der Waals surface area contributed by atoms with Crippen LogP contribution in [0.5, 0.6) is 0 Å². The maximum Gasteiger partial charge on any atom is 0.0709 e. The predicted octanol–water partition coefficient (Wildman–Crippen LogP) is 2.16. The van der Waals surface area contributed by atoms with Crippen molar-refractivity contribution in [2.75, 3.05) is 6.61 Å². The average Bonchev–Trinajstić information content (AvgIpc) is 2.39. The van der Waals surface area contributed by atoms with E-state index in [0.717, 1.165) is 16.5 Å². The number of pyridine rings is 1. The van der Waals surface area contributed by atoms with E-state index >= 15 is 0 Å². The molecular weight excluding hydrogens is 226 g/mol. The molecule has 3 N–H and O–H groups in total. The van der Waals surface area contributed by atoms with Crippen LogP contribution in [0.15, 0.2) is 36.5 Å². The van der Waals surface area contributed by atoms with Gasteiger partial charge in [-0.25, -0.2) is 0 Å². The van der Waals surface area contributed by atoms with Crippen molar-refractivity contribution in [3.63, 3.8) is 0 Å². The molecule has 0 bridgehead atoms. The Morgan fingerprint density at radius 1 is 1.33 bits per heavy atom. The summed E-state index contributed by atoms with van der Waals surface area (Å²) in [6, 6.07) is 10.1. The van der Waals surface area contributed by atoms with E-state index in [0.29, 0.717) is 6.61 Å². The van der Waals surface area contributed by atoms with E-state index < -0.39 is 0 Å². The first-order valence-electron chi connectivity index (χ1n) is 6.13. The summed E-state index contributed by atoms with van der Waals surface area (Å²) >= 11 is 0. The number of hydrogen-bond acceptors (Lipinski definition) is 4. The molecule has 0 spiro atoms. The van der Waals surface area contributed by atoms with E-state index in [9.17, 15) is 0 Å². The van der Waals surface area contributed by atoms with Gasteiger partial charge in [0.05, 0.1) is 24.3 Å². The lowest BCUT2D eigenvalue weighted by Gasteiger charge is -2.18. The van der Waals surface area contributed by atoms with Crippen LogP contribution in [0.25, 0.3) is 10.9 Å². The van der Waals surface area contributed by atoms with Gasteiger partial charge in [-0.05, 0) is 31.5 Å². The SMILES string of the molecule is CC(C)OCC(NN)c1cnc2ccccc2c1. The monoisotopic (exact) mass is 245 g/mol. The van der Waals surface area contributed by atoms with Crippen molar-refractivity contribution in [2.24, 2.45) is 5.84 Å². The summed E-state index contributed by atoms with van der Waals surface area (Å²) in [5.74, 6) is 5.58. The van der Waals surface area contributed by atoms with Gasteiger partial charge in [-0.1, -0.05) is 18.2 Å². The van der Waals surface area contributed by atoms with Gasteiger partial charge in [-0.15, -0.1) is 0 Å². The maximum atomic E-state index is 5.59. The number of aromatic nitrogens is 1. The molecule has 2 rings (SSSR count). The number of hydrogen-bond donors (Lipinski definition) is 2. The lowest BCUT2D eigenvalue weighted by molar-refractivity contribution is 0.0611. The summed E-state index contributed by atoms with van der Waals surface area (Å²) in [6.07, 6.45) is 2.03. The van der Waals surface area contributed by atoms with Crippen LogP contribution in [0.1, 0.15) is 25.5 Å².